The van der Waals surface area contributed by atoms with Crippen molar-refractivity contribution in [1.82, 2.24) is 0 Å². The maximum Gasteiger partial charge on any atom is 0.302 e. The molecule has 9 atom stereocenters. The second-order valence-corrected chi connectivity index (χ2v) is 10.7. The van der Waals surface area contributed by atoms with Gasteiger partial charge in [0.1, 0.15) is 11.9 Å². The molecule has 5 heteroatoms. The molecule has 0 radical (unpaired) electrons. The van der Waals surface area contributed by atoms with Gasteiger partial charge < -0.3 is 9.47 Å². The summed E-state index contributed by atoms with van der Waals surface area (Å²) in [6.45, 7) is 7.57. The third kappa shape index (κ3) is 2.15. The van der Waals surface area contributed by atoms with Crippen LogP contribution < -0.4 is 0 Å². The van der Waals surface area contributed by atoms with Crippen LogP contribution in [0.1, 0.15) is 72.6 Å². The number of Topliss-reactive ketones (excluding diaryl/α,β-unsaturated/α-hetero) is 2. The van der Waals surface area contributed by atoms with Crippen LogP contribution in [0.25, 0.3) is 0 Å². The lowest BCUT2D eigenvalue weighted by atomic mass is 9.44. The minimum atomic E-state index is -0.691. The van der Waals surface area contributed by atoms with Gasteiger partial charge in [-0.2, -0.15) is 0 Å². The molecule has 9 unspecified atom stereocenters. The highest BCUT2D eigenvalue weighted by Crippen LogP contribution is 2.73. The molecule has 0 aromatic rings. The monoisotopic (exact) mass is 388 g/mol. The third-order valence-corrected chi connectivity index (χ3v) is 9.59. The first-order chi connectivity index (χ1) is 13.1. The maximum absolute atomic E-state index is 13.6. The Balaban J connectivity index is 1.44. The molecule has 4 aliphatic carbocycles. The van der Waals surface area contributed by atoms with Gasteiger partial charge in [-0.1, -0.05) is 13.8 Å². The Morgan fingerprint density at radius 1 is 1.11 bits per heavy atom. The zero-order valence-corrected chi connectivity index (χ0v) is 17.5. The fourth-order valence-electron chi connectivity index (χ4n) is 8.44. The van der Waals surface area contributed by atoms with E-state index in [9.17, 15) is 14.4 Å². The predicted molar refractivity (Wildman–Crippen MR) is 101 cm³/mol. The smallest absolute Gasteiger partial charge is 0.302 e. The first-order valence-corrected chi connectivity index (χ1v) is 11.0. The van der Waals surface area contributed by atoms with E-state index in [2.05, 4.69) is 13.8 Å². The Morgan fingerprint density at radius 3 is 2.54 bits per heavy atom. The van der Waals surface area contributed by atoms with Crippen molar-refractivity contribution < 1.29 is 23.9 Å². The molecule has 0 bridgehead atoms. The van der Waals surface area contributed by atoms with Crippen LogP contribution in [0.2, 0.25) is 0 Å². The first-order valence-electron chi connectivity index (χ1n) is 11.0. The molecule has 5 aliphatic rings. The molecule has 5 rings (SSSR count). The van der Waals surface area contributed by atoms with Gasteiger partial charge in [-0.05, 0) is 68.6 Å². The number of epoxide rings is 1. The molecular weight excluding hydrogens is 356 g/mol. The topological polar surface area (TPSA) is 73.0 Å². The lowest BCUT2D eigenvalue weighted by Crippen LogP contribution is -2.60. The van der Waals surface area contributed by atoms with E-state index in [1.807, 2.05) is 0 Å². The highest BCUT2D eigenvalue weighted by Gasteiger charge is 2.80. The summed E-state index contributed by atoms with van der Waals surface area (Å²) in [6.07, 6.45) is 6.26. The Labute approximate surface area is 166 Å². The molecule has 154 valence electrons. The van der Waals surface area contributed by atoms with Gasteiger partial charge in [0.15, 0.2) is 11.4 Å². The number of ketones is 2. The van der Waals surface area contributed by atoms with E-state index in [0.717, 1.165) is 38.5 Å². The van der Waals surface area contributed by atoms with Crippen LogP contribution in [0.15, 0.2) is 0 Å². The average Bonchev–Trinajstić information content (AvgIpc) is 3.28. The van der Waals surface area contributed by atoms with Gasteiger partial charge >= 0.3 is 5.97 Å². The van der Waals surface area contributed by atoms with Gasteiger partial charge in [-0.15, -0.1) is 0 Å². The summed E-state index contributed by atoms with van der Waals surface area (Å²) in [5.74, 6) is 1.55. The molecule has 0 spiro atoms. The van der Waals surface area contributed by atoms with Gasteiger partial charge in [0.2, 0.25) is 0 Å². The Kier molecular flexibility index (Phi) is 3.81. The Bertz CT molecular complexity index is 760. The molecule has 4 saturated carbocycles. The van der Waals surface area contributed by atoms with E-state index in [0.29, 0.717) is 30.0 Å². The molecule has 0 N–H and O–H groups in total. The van der Waals surface area contributed by atoms with Crippen molar-refractivity contribution in [3.05, 3.63) is 0 Å². The normalized spacial score (nSPS) is 54.1. The van der Waals surface area contributed by atoms with Crippen molar-refractivity contribution >= 4 is 17.5 Å². The van der Waals surface area contributed by atoms with Crippen molar-refractivity contribution in [2.45, 2.75) is 90.4 Å². The van der Waals surface area contributed by atoms with Crippen molar-refractivity contribution in [2.75, 3.05) is 0 Å². The van der Waals surface area contributed by atoms with Crippen LogP contribution in [-0.4, -0.2) is 35.3 Å². The van der Waals surface area contributed by atoms with Crippen molar-refractivity contribution in [3.63, 3.8) is 0 Å². The van der Waals surface area contributed by atoms with Gasteiger partial charge in [-0.25, -0.2) is 0 Å². The van der Waals surface area contributed by atoms with E-state index in [1.54, 1.807) is 6.92 Å². The number of fused-ring (bicyclic) bond motifs is 7. The highest BCUT2D eigenvalue weighted by atomic mass is 16.6. The van der Waals surface area contributed by atoms with Crippen LogP contribution >= 0.6 is 0 Å². The minimum absolute atomic E-state index is 0.00425. The standard InChI is InChI=1S/C23H32O5/c1-12(24)23-19(28-23)10-17-16-6-5-14-9-15(27-13(2)25)7-8-21(14,3)20(16)18(26)11-22(17,23)4/h14-17,19-20H,5-11H2,1-4H3. The van der Waals surface area contributed by atoms with Crippen LogP contribution in [0.4, 0.5) is 0 Å². The number of rotatable bonds is 2. The fourth-order valence-corrected chi connectivity index (χ4v) is 8.44. The van der Waals surface area contributed by atoms with E-state index in [1.165, 1.54) is 6.92 Å². The molecule has 5 fully saturated rings. The SMILES string of the molecule is CC(=O)OC1CCC2(C)C(CCC3C2C(=O)CC2(C)C3CC3OC32C(C)=O)C1. The lowest BCUT2D eigenvalue weighted by Gasteiger charge is -2.60. The quantitative estimate of drug-likeness (QED) is 0.535. The first kappa shape index (κ1) is 18.8. The molecule has 1 aliphatic heterocycles. The Hall–Kier alpha value is -1.23. The summed E-state index contributed by atoms with van der Waals surface area (Å²) < 4.78 is 11.4. The fraction of sp³-hybridized carbons (Fsp3) is 0.870. The van der Waals surface area contributed by atoms with Gasteiger partial charge in [0.25, 0.3) is 0 Å². The summed E-state index contributed by atoms with van der Waals surface area (Å²) in [4.78, 5) is 37.4. The van der Waals surface area contributed by atoms with E-state index >= 15 is 0 Å². The number of carbonyl (C=O) groups is 3. The third-order valence-electron chi connectivity index (χ3n) is 9.59. The molecule has 0 amide bonds. The number of esters is 1. The molecular formula is C23H32O5. The van der Waals surface area contributed by atoms with Gasteiger partial charge in [0, 0.05) is 24.7 Å². The van der Waals surface area contributed by atoms with Crippen LogP contribution in [-0.2, 0) is 23.9 Å². The number of ether oxygens (including phenoxy) is 2. The molecule has 28 heavy (non-hydrogen) atoms. The second-order valence-electron chi connectivity index (χ2n) is 10.7. The van der Waals surface area contributed by atoms with Crippen molar-refractivity contribution in [2.24, 2.45) is 34.5 Å². The van der Waals surface area contributed by atoms with Crippen LogP contribution in [0, 0.1) is 34.5 Å². The summed E-state index contributed by atoms with van der Waals surface area (Å²) in [7, 11) is 0. The van der Waals surface area contributed by atoms with Crippen molar-refractivity contribution in [1.29, 1.82) is 0 Å². The largest absolute Gasteiger partial charge is 0.463 e. The minimum Gasteiger partial charge on any atom is -0.463 e. The highest BCUT2D eigenvalue weighted by molar-refractivity contribution is 5.93. The summed E-state index contributed by atoms with van der Waals surface area (Å²) >= 11 is 0. The average molecular weight is 389 g/mol. The molecule has 0 aromatic carbocycles. The van der Waals surface area contributed by atoms with Gasteiger partial charge in [0.05, 0.1) is 6.10 Å². The van der Waals surface area contributed by atoms with E-state index in [-0.39, 0.29) is 40.7 Å². The second kappa shape index (κ2) is 5.68. The van der Waals surface area contributed by atoms with Crippen molar-refractivity contribution in [3.8, 4) is 0 Å². The lowest BCUT2D eigenvalue weighted by molar-refractivity contribution is -0.174. The molecule has 0 aromatic heterocycles. The summed E-state index contributed by atoms with van der Waals surface area (Å²) in [5.41, 5.74) is -1.03. The van der Waals surface area contributed by atoms with E-state index < -0.39 is 5.60 Å². The predicted octanol–water partition coefficient (Wildman–Crippen LogP) is 3.48. The maximum atomic E-state index is 13.6. The summed E-state index contributed by atoms with van der Waals surface area (Å²) in [6, 6.07) is 0. The zero-order chi connectivity index (χ0) is 20.1. The molecule has 5 nitrogen and oxygen atoms in total. The van der Waals surface area contributed by atoms with Gasteiger partial charge in [-0.3, -0.25) is 14.4 Å². The number of carbonyl (C=O) groups excluding carboxylic acids is 3. The molecule has 1 heterocycles. The van der Waals surface area contributed by atoms with Crippen LogP contribution in [0.5, 0.6) is 0 Å². The zero-order valence-electron chi connectivity index (χ0n) is 17.5. The number of hydrogen-bond donors (Lipinski definition) is 0. The van der Waals surface area contributed by atoms with Crippen LogP contribution in [0.3, 0.4) is 0 Å². The Morgan fingerprint density at radius 2 is 1.86 bits per heavy atom. The number of hydrogen-bond acceptors (Lipinski definition) is 5. The van der Waals surface area contributed by atoms with E-state index in [4.69, 9.17) is 9.47 Å². The summed E-state index contributed by atoms with van der Waals surface area (Å²) in [5, 5.41) is 0. The molecule has 1 saturated heterocycles.